The quantitative estimate of drug-likeness (QED) is 0.769. The van der Waals surface area contributed by atoms with Gasteiger partial charge in [0.2, 0.25) is 0 Å². The van der Waals surface area contributed by atoms with Gasteiger partial charge in [-0.2, -0.15) is 0 Å². The molecule has 74 valence electrons. The highest BCUT2D eigenvalue weighted by molar-refractivity contribution is 7.15. The number of ether oxygens (including phenoxy) is 1. The SMILES string of the molecule is CC1(C)C=Cc2sc(C(N)=O)cc2O1. The lowest BCUT2D eigenvalue weighted by molar-refractivity contribution is 0.100. The standard InChI is InChI=1S/C10H11NO2S/c1-10(2)4-3-7-6(13-10)5-8(14-7)9(11)12/h3-5H,1-2H3,(H2,11,12). The Balaban J connectivity index is 2.42. The number of hydrogen-bond acceptors (Lipinski definition) is 3. The van der Waals surface area contributed by atoms with Crippen LogP contribution in [0.4, 0.5) is 0 Å². The van der Waals surface area contributed by atoms with E-state index in [9.17, 15) is 4.79 Å². The van der Waals surface area contributed by atoms with E-state index in [2.05, 4.69) is 0 Å². The van der Waals surface area contributed by atoms with Crippen molar-refractivity contribution < 1.29 is 9.53 Å². The largest absolute Gasteiger partial charge is 0.482 e. The summed E-state index contributed by atoms with van der Waals surface area (Å²) in [6.45, 7) is 3.93. The lowest BCUT2D eigenvalue weighted by Gasteiger charge is -2.25. The number of nitrogens with two attached hydrogens (primary N) is 1. The first-order valence-corrected chi connectivity index (χ1v) is 5.11. The Morgan fingerprint density at radius 1 is 1.57 bits per heavy atom. The summed E-state index contributed by atoms with van der Waals surface area (Å²) < 4.78 is 5.67. The number of thiophene rings is 1. The molecular weight excluding hydrogens is 198 g/mol. The monoisotopic (exact) mass is 209 g/mol. The average Bonchev–Trinajstić information content (AvgIpc) is 2.45. The number of carbonyl (C=O) groups is 1. The molecule has 0 bridgehead atoms. The van der Waals surface area contributed by atoms with Gasteiger partial charge in [0.1, 0.15) is 11.4 Å². The molecule has 0 saturated heterocycles. The van der Waals surface area contributed by atoms with Crippen LogP contribution in [0.25, 0.3) is 6.08 Å². The zero-order valence-corrected chi connectivity index (χ0v) is 8.85. The average molecular weight is 209 g/mol. The second-order valence-corrected chi connectivity index (χ2v) is 4.83. The van der Waals surface area contributed by atoms with Crippen LogP contribution in [0.1, 0.15) is 28.4 Å². The number of carbonyl (C=O) groups excluding carboxylic acids is 1. The number of amides is 1. The number of fused-ring (bicyclic) bond motifs is 1. The third-order valence-electron chi connectivity index (χ3n) is 1.98. The van der Waals surface area contributed by atoms with Gasteiger partial charge in [-0.05, 0) is 26.0 Å². The number of rotatable bonds is 1. The van der Waals surface area contributed by atoms with Crippen molar-refractivity contribution in [3.8, 4) is 5.75 Å². The van der Waals surface area contributed by atoms with Gasteiger partial charge in [0, 0.05) is 6.07 Å². The van der Waals surface area contributed by atoms with Crippen molar-refractivity contribution in [1.29, 1.82) is 0 Å². The van der Waals surface area contributed by atoms with E-state index in [0.717, 1.165) is 10.6 Å². The number of hydrogen-bond donors (Lipinski definition) is 1. The maximum Gasteiger partial charge on any atom is 0.258 e. The minimum atomic E-state index is -0.404. The van der Waals surface area contributed by atoms with Crippen molar-refractivity contribution >= 4 is 23.3 Å². The summed E-state index contributed by atoms with van der Waals surface area (Å²) in [7, 11) is 0. The molecule has 1 aromatic rings. The molecule has 1 amide bonds. The van der Waals surface area contributed by atoms with Crippen LogP contribution in [0.5, 0.6) is 5.75 Å². The second-order valence-electron chi connectivity index (χ2n) is 3.74. The first kappa shape index (κ1) is 9.27. The molecular formula is C10H11NO2S. The zero-order valence-electron chi connectivity index (χ0n) is 8.03. The molecule has 0 radical (unpaired) electrons. The van der Waals surface area contributed by atoms with Crippen LogP contribution in [-0.2, 0) is 0 Å². The Morgan fingerprint density at radius 2 is 2.29 bits per heavy atom. The van der Waals surface area contributed by atoms with Gasteiger partial charge in [0.15, 0.2) is 0 Å². The van der Waals surface area contributed by atoms with Crippen molar-refractivity contribution in [2.75, 3.05) is 0 Å². The Bertz CT molecular complexity index is 418. The predicted molar refractivity (Wildman–Crippen MR) is 56.6 cm³/mol. The first-order valence-electron chi connectivity index (χ1n) is 4.30. The lowest BCUT2D eigenvalue weighted by Crippen LogP contribution is -2.26. The van der Waals surface area contributed by atoms with E-state index in [-0.39, 0.29) is 5.60 Å². The van der Waals surface area contributed by atoms with Crippen LogP contribution >= 0.6 is 11.3 Å². The van der Waals surface area contributed by atoms with E-state index in [1.807, 2.05) is 26.0 Å². The highest BCUT2D eigenvalue weighted by atomic mass is 32.1. The molecule has 1 aliphatic rings. The van der Waals surface area contributed by atoms with Gasteiger partial charge < -0.3 is 10.5 Å². The second kappa shape index (κ2) is 2.85. The van der Waals surface area contributed by atoms with E-state index in [1.165, 1.54) is 11.3 Å². The van der Waals surface area contributed by atoms with E-state index in [0.29, 0.717) is 4.88 Å². The van der Waals surface area contributed by atoms with E-state index >= 15 is 0 Å². The molecule has 2 N–H and O–H groups in total. The summed E-state index contributed by atoms with van der Waals surface area (Å²) in [5, 5.41) is 0. The smallest absolute Gasteiger partial charge is 0.258 e. The zero-order chi connectivity index (χ0) is 10.3. The fourth-order valence-corrected chi connectivity index (χ4v) is 2.14. The molecule has 2 heterocycles. The van der Waals surface area contributed by atoms with Crippen LogP contribution in [0.3, 0.4) is 0 Å². The molecule has 3 nitrogen and oxygen atoms in total. The fraction of sp³-hybridized carbons (Fsp3) is 0.300. The minimum absolute atomic E-state index is 0.303. The maximum absolute atomic E-state index is 10.9. The van der Waals surface area contributed by atoms with Gasteiger partial charge >= 0.3 is 0 Å². The molecule has 4 heteroatoms. The molecule has 0 aromatic carbocycles. The Labute approximate surface area is 86.2 Å². The molecule has 0 atom stereocenters. The first-order chi connectivity index (χ1) is 6.48. The minimum Gasteiger partial charge on any atom is -0.482 e. The molecule has 2 rings (SSSR count). The summed E-state index contributed by atoms with van der Waals surface area (Å²) in [6.07, 6.45) is 3.94. The van der Waals surface area contributed by atoms with Crippen molar-refractivity contribution in [2.45, 2.75) is 19.4 Å². The lowest BCUT2D eigenvalue weighted by atomic mass is 10.1. The van der Waals surface area contributed by atoms with Crippen LogP contribution in [0, 0.1) is 0 Å². The topological polar surface area (TPSA) is 52.3 Å². The molecule has 0 spiro atoms. The van der Waals surface area contributed by atoms with Crippen LogP contribution in [0.15, 0.2) is 12.1 Å². The van der Waals surface area contributed by atoms with E-state index in [1.54, 1.807) is 6.07 Å². The van der Waals surface area contributed by atoms with Crippen molar-refractivity contribution in [2.24, 2.45) is 5.73 Å². The van der Waals surface area contributed by atoms with Gasteiger partial charge in [0.25, 0.3) is 5.91 Å². The molecule has 0 saturated carbocycles. The summed E-state index contributed by atoms with van der Waals surface area (Å²) in [5.41, 5.74) is 4.88. The normalized spacial score (nSPS) is 17.3. The van der Waals surface area contributed by atoms with Crippen LogP contribution in [0.2, 0.25) is 0 Å². The molecule has 0 unspecified atom stereocenters. The Hall–Kier alpha value is -1.29. The van der Waals surface area contributed by atoms with Crippen molar-refractivity contribution in [1.82, 2.24) is 0 Å². The van der Waals surface area contributed by atoms with Crippen LogP contribution in [-0.4, -0.2) is 11.5 Å². The molecule has 0 aliphatic carbocycles. The Morgan fingerprint density at radius 3 is 2.93 bits per heavy atom. The molecule has 1 aliphatic heterocycles. The highest BCUT2D eigenvalue weighted by Gasteiger charge is 2.24. The van der Waals surface area contributed by atoms with E-state index in [4.69, 9.17) is 10.5 Å². The highest BCUT2D eigenvalue weighted by Crippen LogP contribution is 2.36. The third kappa shape index (κ3) is 1.53. The summed E-state index contributed by atoms with van der Waals surface area (Å²) in [4.78, 5) is 12.4. The molecule has 0 fully saturated rings. The van der Waals surface area contributed by atoms with Crippen molar-refractivity contribution in [3.63, 3.8) is 0 Å². The van der Waals surface area contributed by atoms with Gasteiger partial charge in [-0.25, -0.2) is 0 Å². The maximum atomic E-state index is 10.9. The summed E-state index contributed by atoms with van der Waals surface area (Å²) in [6, 6.07) is 1.70. The Kier molecular flexibility index (Phi) is 1.89. The van der Waals surface area contributed by atoms with E-state index < -0.39 is 5.91 Å². The molecule has 1 aromatic heterocycles. The molecule has 14 heavy (non-hydrogen) atoms. The van der Waals surface area contributed by atoms with Crippen molar-refractivity contribution in [3.05, 3.63) is 21.9 Å². The summed E-state index contributed by atoms with van der Waals surface area (Å²) in [5.74, 6) is 0.343. The predicted octanol–water partition coefficient (Wildman–Crippen LogP) is 2.03. The van der Waals surface area contributed by atoms with Gasteiger partial charge in [-0.3, -0.25) is 4.79 Å². The number of primary amides is 1. The third-order valence-corrected chi connectivity index (χ3v) is 3.07. The fourth-order valence-electron chi connectivity index (χ4n) is 1.30. The summed E-state index contributed by atoms with van der Waals surface area (Å²) >= 11 is 1.36. The van der Waals surface area contributed by atoms with Gasteiger partial charge in [0.05, 0.1) is 9.75 Å². The van der Waals surface area contributed by atoms with Gasteiger partial charge in [-0.1, -0.05) is 0 Å². The van der Waals surface area contributed by atoms with Crippen LogP contribution < -0.4 is 10.5 Å². The van der Waals surface area contributed by atoms with Gasteiger partial charge in [-0.15, -0.1) is 11.3 Å².